The van der Waals surface area contributed by atoms with E-state index in [1.54, 1.807) is 49.6 Å². The molecule has 1 amide bonds. The number of halogens is 2. The van der Waals surface area contributed by atoms with Crippen LogP contribution in [0.3, 0.4) is 0 Å². The molecule has 162 valence electrons. The van der Waals surface area contributed by atoms with Crippen molar-refractivity contribution in [3.8, 4) is 5.75 Å². The van der Waals surface area contributed by atoms with E-state index in [4.69, 9.17) is 32.7 Å². The van der Waals surface area contributed by atoms with Gasteiger partial charge in [0.2, 0.25) is 0 Å². The van der Waals surface area contributed by atoms with E-state index in [2.05, 4.69) is 0 Å². The van der Waals surface area contributed by atoms with Crippen LogP contribution in [-0.2, 0) is 20.9 Å². The first-order valence-electron chi connectivity index (χ1n) is 9.83. The van der Waals surface area contributed by atoms with Crippen LogP contribution in [0.2, 0.25) is 10.0 Å². The van der Waals surface area contributed by atoms with Crippen molar-refractivity contribution in [2.45, 2.75) is 6.61 Å². The van der Waals surface area contributed by atoms with Crippen molar-refractivity contribution in [2.75, 3.05) is 18.6 Å². The molecule has 0 fully saturated rings. The van der Waals surface area contributed by atoms with Gasteiger partial charge >= 0.3 is 5.97 Å². The molecule has 0 bridgehead atoms. The second kappa shape index (κ2) is 9.47. The largest absolute Gasteiger partial charge is 0.497 e. The van der Waals surface area contributed by atoms with Gasteiger partial charge in [-0.15, -0.1) is 0 Å². The molecule has 0 saturated heterocycles. The number of fused-ring (bicyclic) bond motifs is 1. The van der Waals surface area contributed by atoms with Gasteiger partial charge in [-0.05, 0) is 41.5 Å². The van der Waals surface area contributed by atoms with Crippen molar-refractivity contribution in [2.24, 2.45) is 0 Å². The average molecular weight is 468 g/mol. The maximum absolute atomic E-state index is 13.3. The molecular weight excluding hydrogens is 449 g/mol. The molecule has 7 heteroatoms. The zero-order valence-corrected chi connectivity index (χ0v) is 18.7. The summed E-state index contributed by atoms with van der Waals surface area (Å²) < 4.78 is 10.7. The number of benzene rings is 3. The van der Waals surface area contributed by atoms with Gasteiger partial charge in [-0.2, -0.15) is 0 Å². The summed E-state index contributed by atoms with van der Waals surface area (Å²) in [7, 11) is 1.55. The predicted octanol–water partition coefficient (Wildman–Crippen LogP) is 5.63. The first kappa shape index (κ1) is 21.9. The van der Waals surface area contributed by atoms with Crippen LogP contribution in [0, 0.1) is 0 Å². The van der Waals surface area contributed by atoms with E-state index in [0.717, 1.165) is 11.1 Å². The molecule has 32 heavy (non-hydrogen) atoms. The van der Waals surface area contributed by atoms with Gasteiger partial charge in [0.05, 0.1) is 22.8 Å². The molecule has 3 aromatic rings. The highest BCUT2D eigenvalue weighted by Gasteiger charge is 2.34. The van der Waals surface area contributed by atoms with Crippen LogP contribution < -0.4 is 9.64 Å². The number of carbonyl (C=O) groups is 2. The van der Waals surface area contributed by atoms with E-state index in [0.29, 0.717) is 32.6 Å². The van der Waals surface area contributed by atoms with Crippen LogP contribution in [0.1, 0.15) is 16.7 Å². The van der Waals surface area contributed by atoms with Crippen LogP contribution in [0.5, 0.6) is 5.75 Å². The lowest BCUT2D eigenvalue weighted by molar-refractivity contribution is -0.143. The summed E-state index contributed by atoms with van der Waals surface area (Å²) in [5.41, 5.74) is 3.31. The maximum atomic E-state index is 13.3. The van der Waals surface area contributed by atoms with Crippen molar-refractivity contribution >= 4 is 52.4 Å². The van der Waals surface area contributed by atoms with Gasteiger partial charge in [0.15, 0.2) is 0 Å². The normalized spacial score (nSPS) is 13.9. The Morgan fingerprint density at radius 2 is 1.78 bits per heavy atom. The third kappa shape index (κ3) is 4.64. The van der Waals surface area contributed by atoms with E-state index < -0.39 is 5.97 Å². The fraction of sp³-hybridized carbons (Fsp3) is 0.120. The molecule has 5 nitrogen and oxygen atoms in total. The van der Waals surface area contributed by atoms with Gasteiger partial charge in [-0.1, -0.05) is 59.6 Å². The summed E-state index contributed by atoms with van der Waals surface area (Å²) in [5, 5.41) is 0.822. The van der Waals surface area contributed by atoms with E-state index in [1.165, 1.54) is 4.90 Å². The number of hydrogen-bond donors (Lipinski definition) is 0. The molecule has 4 rings (SSSR count). The summed E-state index contributed by atoms with van der Waals surface area (Å²) in [6.07, 6.45) is 1.73. The second-order valence-electron chi connectivity index (χ2n) is 7.15. The van der Waals surface area contributed by atoms with Crippen molar-refractivity contribution in [1.29, 1.82) is 0 Å². The smallest absolute Gasteiger partial charge is 0.326 e. The minimum Gasteiger partial charge on any atom is -0.497 e. The number of nitrogens with zero attached hydrogens (tertiary/aromatic N) is 1. The van der Waals surface area contributed by atoms with Crippen LogP contribution in [0.25, 0.3) is 11.6 Å². The number of methoxy groups -OCH3 is 1. The molecule has 0 atom stereocenters. The lowest BCUT2D eigenvalue weighted by Crippen LogP contribution is -2.33. The van der Waals surface area contributed by atoms with E-state index in [-0.39, 0.29) is 19.1 Å². The lowest BCUT2D eigenvalue weighted by atomic mass is 10.0. The highest BCUT2D eigenvalue weighted by Crippen LogP contribution is 2.40. The Labute approximate surface area is 195 Å². The molecule has 1 heterocycles. The SMILES string of the molecule is COc1ccc2c(c1)N(CC(=O)OCc1ccccc1)C(=O)/C2=C/c1ccc(Cl)c(Cl)c1. The first-order valence-corrected chi connectivity index (χ1v) is 10.6. The molecule has 3 aromatic carbocycles. The summed E-state index contributed by atoms with van der Waals surface area (Å²) in [5.74, 6) is -0.238. The van der Waals surface area contributed by atoms with E-state index in [1.807, 2.05) is 30.3 Å². The van der Waals surface area contributed by atoms with Gasteiger partial charge in [-0.25, -0.2) is 0 Å². The Morgan fingerprint density at radius 1 is 1.00 bits per heavy atom. The molecule has 0 saturated carbocycles. The van der Waals surface area contributed by atoms with Gasteiger partial charge in [0.1, 0.15) is 18.9 Å². The molecular formula is C25H19Cl2NO4. The van der Waals surface area contributed by atoms with E-state index in [9.17, 15) is 9.59 Å². The summed E-state index contributed by atoms with van der Waals surface area (Å²) >= 11 is 12.1. The van der Waals surface area contributed by atoms with Crippen LogP contribution in [0.4, 0.5) is 5.69 Å². The fourth-order valence-corrected chi connectivity index (χ4v) is 3.74. The molecule has 0 aromatic heterocycles. The predicted molar refractivity (Wildman–Crippen MR) is 126 cm³/mol. The highest BCUT2D eigenvalue weighted by molar-refractivity contribution is 6.42. The van der Waals surface area contributed by atoms with Gasteiger partial charge < -0.3 is 9.47 Å². The number of hydrogen-bond acceptors (Lipinski definition) is 4. The molecule has 0 aliphatic carbocycles. The molecule has 0 spiro atoms. The summed E-state index contributed by atoms with van der Waals surface area (Å²) in [6.45, 7) is -0.0802. The maximum Gasteiger partial charge on any atom is 0.326 e. The molecule has 1 aliphatic heterocycles. The molecule has 0 N–H and O–H groups in total. The monoisotopic (exact) mass is 467 g/mol. The van der Waals surface area contributed by atoms with Crippen molar-refractivity contribution in [3.05, 3.63) is 93.5 Å². The summed E-state index contributed by atoms with van der Waals surface area (Å²) in [4.78, 5) is 27.2. The lowest BCUT2D eigenvalue weighted by Gasteiger charge is -2.16. The van der Waals surface area contributed by atoms with Gasteiger partial charge in [0, 0.05) is 17.2 Å². The Kier molecular flexibility index (Phi) is 6.49. The number of ether oxygens (including phenoxy) is 2. The Bertz CT molecular complexity index is 1210. The highest BCUT2D eigenvalue weighted by atomic mass is 35.5. The Hall–Kier alpha value is -3.28. The Balaban J connectivity index is 1.61. The van der Waals surface area contributed by atoms with Crippen LogP contribution >= 0.6 is 23.2 Å². The summed E-state index contributed by atoms with van der Waals surface area (Å²) in [6, 6.07) is 19.8. The third-order valence-electron chi connectivity index (χ3n) is 5.05. The number of anilines is 1. The van der Waals surface area contributed by atoms with Crippen molar-refractivity contribution < 1.29 is 19.1 Å². The van der Waals surface area contributed by atoms with Gasteiger partial charge in [-0.3, -0.25) is 14.5 Å². The van der Waals surface area contributed by atoms with Crippen LogP contribution in [-0.4, -0.2) is 25.5 Å². The number of amides is 1. The topological polar surface area (TPSA) is 55.8 Å². The average Bonchev–Trinajstić information content (AvgIpc) is 3.06. The quantitative estimate of drug-likeness (QED) is 0.348. The van der Waals surface area contributed by atoms with E-state index >= 15 is 0 Å². The molecule has 1 aliphatic rings. The standard InChI is InChI=1S/C25H19Cl2NO4/c1-31-18-8-9-19-20(11-17-7-10-21(26)22(27)12-17)25(30)28(23(19)13-18)14-24(29)32-15-16-5-3-2-4-6-16/h2-13H,14-15H2,1H3/b20-11+. The zero-order chi connectivity index (χ0) is 22.7. The number of esters is 1. The number of carbonyl (C=O) groups excluding carboxylic acids is 2. The number of rotatable bonds is 6. The third-order valence-corrected chi connectivity index (χ3v) is 5.78. The first-order chi connectivity index (χ1) is 15.5. The van der Waals surface area contributed by atoms with Crippen molar-refractivity contribution in [1.82, 2.24) is 0 Å². The second-order valence-corrected chi connectivity index (χ2v) is 7.97. The zero-order valence-electron chi connectivity index (χ0n) is 17.2. The minimum absolute atomic E-state index is 0.138. The minimum atomic E-state index is -0.508. The fourth-order valence-electron chi connectivity index (χ4n) is 3.44. The van der Waals surface area contributed by atoms with Crippen LogP contribution in [0.15, 0.2) is 66.7 Å². The van der Waals surface area contributed by atoms with Gasteiger partial charge in [0.25, 0.3) is 5.91 Å². The van der Waals surface area contributed by atoms with Crippen molar-refractivity contribution in [3.63, 3.8) is 0 Å². The molecule has 0 unspecified atom stereocenters. The Morgan fingerprint density at radius 3 is 2.50 bits per heavy atom. The molecule has 0 radical (unpaired) electrons.